The minimum absolute atomic E-state index is 0.0486. The zero-order valence-electron chi connectivity index (χ0n) is 20.3. The highest BCUT2D eigenvalue weighted by Gasteiger charge is 2.35. The highest BCUT2D eigenvalue weighted by Crippen LogP contribution is 2.25. The normalized spacial score (nSPS) is 15.2. The van der Waals surface area contributed by atoms with Crippen molar-refractivity contribution in [3.63, 3.8) is 0 Å². The van der Waals surface area contributed by atoms with E-state index in [4.69, 9.17) is 0 Å². The Morgan fingerprint density at radius 1 is 1.03 bits per heavy atom. The summed E-state index contributed by atoms with van der Waals surface area (Å²) in [4.78, 5) is 32.2. The third-order valence-corrected chi connectivity index (χ3v) is 6.96. The molecule has 1 aliphatic rings. The van der Waals surface area contributed by atoms with Gasteiger partial charge in [0.1, 0.15) is 12.1 Å². The zero-order chi connectivity index (χ0) is 26.3. The highest BCUT2D eigenvalue weighted by molar-refractivity contribution is 5.94. The zero-order valence-corrected chi connectivity index (χ0v) is 20.3. The summed E-state index contributed by atoms with van der Waals surface area (Å²) in [6.07, 6.45) is 6.97. The van der Waals surface area contributed by atoms with Crippen molar-refractivity contribution in [2.75, 3.05) is 13.1 Å². The van der Waals surface area contributed by atoms with Crippen molar-refractivity contribution in [2.45, 2.75) is 25.0 Å². The lowest BCUT2D eigenvalue weighted by atomic mass is 9.91. The predicted octanol–water partition coefficient (Wildman–Crippen LogP) is 2.55. The van der Waals surface area contributed by atoms with Gasteiger partial charge in [0.25, 0.3) is 11.5 Å². The summed E-state index contributed by atoms with van der Waals surface area (Å²) in [5.41, 5.74) is 0.799. The molecular weight excluding hydrogens is 489 g/mol. The Hall–Kier alpha value is -4.64. The highest BCUT2D eigenvalue weighted by atomic mass is 19.1. The fourth-order valence-corrected chi connectivity index (χ4v) is 4.79. The van der Waals surface area contributed by atoms with Crippen LogP contribution in [0.5, 0.6) is 0 Å². The smallest absolute Gasteiger partial charge is 0.279 e. The summed E-state index contributed by atoms with van der Waals surface area (Å²) in [6.45, 7) is 0.775. The molecule has 2 aromatic carbocycles. The van der Waals surface area contributed by atoms with Crippen LogP contribution < -0.4 is 5.56 Å². The molecule has 38 heavy (non-hydrogen) atoms. The molecule has 0 spiro atoms. The van der Waals surface area contributed by atoms with E-state index in [2.05, 4.69) is 15.2 Å². The van der Waals surface area contributed by atoms with Gasteiger partial charge in [0.05, 0.1) is 24.0 Å². The van der Waals surface area contributed by atoms with Crippen LogP contribution in [0, 0.1) is 5.82 Å². The summed E-state index contributed by atoms with van der Waals surface area (Å²) >= 11 is 0. The molecule has 1 amide bonds. The van der Waals surface area contributed by atoms with Crippen LogP contribution in [-0.4, -0.2) is 63.5 Å². The lowest BCUT2D eigenvalue weighted by molar-refractivity contribution is -0.0300. The molecule has 0 bridgehead atoms. The van der Waals surface area contributed by atoms with Crippen LogP contribution in [0.2, 0.25) is 0 Å². The Kier molecular flexibility index (Phi) is 5.84. The number of imidazole rings is 1. The molecule has 0 radical (unpaired) electrons. The molecule has 11 heteroatoms. The molecule has 10 nitrogen and oxygen atoms in total. The number of benzene rings is 2. The van der Waals surface area contributed by atoms with E-state index in [1.807, 2.05) is 24.4 Å². The van der Waals surface area contributed by atoms with Gasteiger partial charge in [0.15, 0.2) is 11.3 Å². The molecule has 1 fully saturated rings. The first-order chi connectivity index (χ1) is 18.4. The maximum Gasteiger partial charge on any atom is 0.279 e. The molecule has 4 heterocycles. The quantitative estimate of drug-likeness (QED) is 0.387. The second kappa shape index (κ2) is 9.34. The van der Waals surface area contributed by atoms with Gasteiger partial charge >= 0.3 is 0 Å². The van der Waals surface area contributed by atoms with Gasteiger partial charge in [-0.05, 0) is 67.4 Å². The predicted molar refractivity (Wildman–Crippen MR) is 136 cm³/mol. The third-order valence-electron chi connectivity index (χ3n) is 6.96. The van der Waals surface area contributed by atoms with Crippen molar-refractivity contribution in [2.24, 2.45) is 0 Å². The number of carbonyl (C=O) groups excluding carboxylic acids is 1. The van der Waals surface area contributed by atoms with Gasteiger partial charge in [-0.25, -0.2) is 18.6 Å². The molecule has 192 valence electrons. The summed E-state index contributed by atoms with van der Waals surface area (Å²) in [6, 6.07) is 14.8. The fraction of sp³-hybridized carbons (Fsp3) is 0.222. The van der Waals surface area contributed by atoms with Crippen LogP contribution in [0.25, 0.3) is 22.6 Å². The molecule has 0 unspecified atom stereocenters. The molecule has 6 rings (SSSR count). The van der Waals surface area contributed by atoms with Gasteiger partial charge in [-0.2, -0.15) is 10.2 Å². The van der Waals surface area contributed by atoms with Gasteiger partial charge in [0, 0.05) is 36.6 Å². The van der Waals surface area contributed by atoms with Gasteiger partial charge in [-0.1, -0.05) is 0 Å². The van der Waals surface area contributed by atoms with E-state index in [1.165, 1.54) is 33.7 Å². The second-order valence-corrected chi connectivity index (χ2v) is 9.46. The third kappa shape index (κ3) is 4.37. The van der Waals surface area contributed by atoms with Crippen LogP contribution in [-0.2, 0) is 6.54 Å². The molecule has 1 N–H and O–H groups in total. The van der Waals surface area contributed by atoms with E-state index >= 15 is 0 Å². The van der Waals surface area contributed by atoms with Gasteiger partial charge < -0.3 is 10.0 Å². The Morgan fingerprint density at radius 2 is 1.76 bits per heavy atom. The van der Waals surface area contributed by atoms with Gasteiger partial charge in [-0.3, -0.25) is 14.2 Å². The maximum atomic E-state index is 13.3. The molecule has 0 atom stereocenters. The largest absolute Gasteiger partial charge is 0.388 e. The number of hydrogen-bond acceptors (Lipinski definition) is 6. The van der Waals surface area contributed by atoms with Crippen molar-refractivity contribution in [3.8, 4) is 17.1 Å². The first kappa shape index (κ1) is 23.7. The minimum Gasteiger partial charge on any atom is -0.388 e. The maximum absolute atomic E-state index is 13.3. The number of aromatic nitrogens is 6. The molecular formula is C27H24FN7O3. The van der Waals surface area contributed by atoms with Gasteiger partial charge in [0.2, 0.25) is 0 Å². The van der Waals surface area contributed by atoms with Crippen LogP contribution in [0.4, 0.5) is 4.39 Å². The van der Waals surface area contributed by atoms with E-state index in [9.17, 15) is 19.1 Å². The lowest BCUT2D eigenvalue weighted by Crippen LogP contribution is -2.49. The summed E-state index contributed by atoms with van der Waals surface area (Å²) in [5, 5.41) is 19.8. The Bertz CT molecular complexity index is 1650. The monoisotopic (exact) mass is 513 g/mol. The van der Waals surface area contributed by atoms with E-state index < -0.39 is 5.60 Å². The van der Waals surface area contributed by atoms with Crippen LogP contribution in [0.15, 0.2) is 84.3 Å². The average molecular weight is 514 g/mol. The Balaban J connectivity index is 1.14. The Labute approximate surface area is 216 Å². The number of likely N-dealkylation sites (tertiary alicyclic amines) is 1. The number of nitrogens with zero attached hydrogens (tertiary/aromatic N) is 7. The molecule has 0 aliphatic carbocycles. The summed E-state index contributed by atoms with van der Waals surface area (Å²) in [7, 11) is 0. The number of amides is 1. The van der Waals surface area contributed by atoms with E-state index in [-0.39, 0.29) is 29.3 Å². The molecule has 1 aliphatic heterocycles. The fourth-order valence-electron chi connectivity index (χ4n) is 4.79. The number of fused-ring (bicyclic) bond motifs is 1. The van der Waals surface area contributed by atoms with Crippen molar-refractivity contribution in [1.82, 2.24) is 33.8 Å². The van der Waals surface area contributed by atoms with Gasteiger partial charge in [-0.15, -0.1) is 0 Å². The average Bonchev–Trinajstić information content (AvgIpc) is 3.62. The molecule has 5 aromatic rings. The molecule has 0 saturated carbocycles. The number of hydrogen-bond donors (Lipinski definition) is 1. The standard InChI is InChI=1S/C27H24FN7O3/c28-21-6-2-19(3-7-21)24-29-16-23-26(37)33(18-31-35(23)24)17-27(38)10-14-32(15-11-27)25(36)20-4-8-22(9-5-20)34-13-1-12-30-34/h1-9,12-13,16,18,38H,10-11,14-15,17H2. The van der Waals surface area contributed by atoms with Crippen molar-refractivity contribution in [3.05, 3.63) is 101 Å². The van der Waals surface area contributed by atoms with Crippen LogP contribution in [0.1, 0.15) is 23.2 Å². The lowest BCUT2D eigenvalue weighted by Gasteiger charge is -2.38. The first-order valence-electron chi connectivity index (χ1n) is 12.2. The second-order valence-electron chi connectivity index (χ2n) is 9.46. The Morgan fingerprint density at radius 3 is 2.45 bits per heavy atom. The van der Waals surface area contributed by atoms with Crippen molar-refractivity contribution >= 4 is 11.4 Å². The topological polar surface area (TPSA) is 111 Å². The van der Waals surface area contributed by atoms with E-state index in [0.717, 1.165) is 5.69 Å². The van der Waals surface area contributed by atoms with Crippen LogP contribution in [0.3, 0.4) is 0 Å². The summed E-state index contributed by atoms with van der Waals surface area (Å²) < 4.78 is 17.8. The first-order valence-corrected chi connectivity index (χ1v) is 12.2. The SMILES string of the molecule is O=C(c1ccc(-n2cccn2)cc1)N1CCC(O)(Cn2cnn3c(-c4ccc(F)cc4)ncc3c2=O)CC1. The number of aliphatic hydroxyl groups is 1. The number of halogens is 1. The van der Waals surface area contributed by atoms with E-state index in [0.29, 0.717) is 42.9 Å². The minimum atomic E-state index is -1.16. The van der Waals surface area contributed by atoms with Crippen molar-refractivity contribution in [1.29, 1.82) is 0 Å². The molecule has 1 saturated heterocycles. The van der Waals surface area contributed by atoms with Crippen molar-refractivity contribution < 1.29 is 14.3 Å². The number of carbonyl (C=O) groups is 1. The number of piperidine rings is 1. The summed E-state index contributed by atoms with van der Waals surface area (Å²) in [5.74, 6) is -0.0476. The molecule has 3 aromatic heterocycles. The van der Waals surface area contributed by atoms with Crippen LogP contribution >= 0.6 is 0 Å². The van der Waals surface area contributed by atoms with E-state index in [1.54, 1.807) is 40.0 Å². The number of rotatable bonds is 5.